The molecule has 22 heavy (non-hydrogen) atoms. The van der Waals surface area contributed by atoms with Gasteiger partial charge in [0, 0.05) is 23.8 Å². The molecule has 3 rings (SSSR count). The topological polar surface area (TPSA) is 44.8 Å². The van der Waals surface area contributed by atoms with E-state index >= 15 is 0 Å². The van der Waals surface area contributed by atoms with E-state index in [-0.39, 0.29) is 0 Å². The van der Waals surface area contributed by atoms with Crippen LogP contribution in [0.5, 0.6) is 0 Å². The number of benzene rings is 2. The van der Waals surface area contributed by atoms with Crippen LogP contribution in [-0.2, 0) is 19.0 Å². The normalized spacial score (nSPS) is 16.7. The molecule has 0 aromatic heterocycles. The second-order valence-corrected chi connectivity index (χ2v) is 4.83. The Balaban J connectivity index is 2.26. The predicted octanol–water partition coefficient (Wildman–Crippen LogP) is 3.40. The fourth-order valence-corrected chi connectivity index (χ4v) is 2.56. The van der Waals surface area contributed by atoms with Gasteiger partial charge in [0.2, 0.25) is 6.29 Å². The smallest absolute Gasteiger partial charge is 0.342 e. The van der Waals surface area contributed by atoms with Crippen LogP contribution >= 0.6 is 0 Å². The summed E-state index contributed by atoms with van der Waals surface area (Å²) in [7, 11) is 2.94. The summed E-state index contributed by atoms with van der Waals surface area (Å²) in [5, 5.41) is 0. The predicted molar refractivity (Wildman–Crippen MR) is 82.5 cm³/mol. The second-order valence-electron chi connectivity index (χ2n) is 4.83. The Morgan fingerprint density at radius 3 is 2.36 bits per heavy atom. The van der Waals surface area contributed by atoms with E-state index in [1.807, 2.05) is 54.6 Å². The van der Waals surface area contributed by atoms with Crippen LogP contribution < -0.4 is 0 Å². The highest BCUT2D eigenvalue weighted by Gasteiger charge is 2.32. The van der Waals surface area contributed by atoms with Crippen molar-refractivity contribution in [3.63, 3.8) is 0 Å². The summed E-state index contributed by atoms with van der Waals surface area (Å²) in [4.78, 5) is 12.3. The third kappa shape index (κ3) is 2.38. The van der Waals surface area contributed by atoms with Crippen molar-refractivity contribution in [1.82, 2.24) is 0 Å². The molecule has 0 radical (unpaired) electrons. The molecule has 0 fully saturated rings. The Morgan fingerprint density at radius 2 is 1.68 bits per heavy atom. The number of carbonyl (C=O) groups excluding carboxylic acids is 1. The Hall–Kier alpha value is -2.59. The summed E-state index contributed by atoms with van der Waals surface area (Å²) >= 11 is 0. The van der Waals surface area contributed by atoms with E-state index < -0.39 is 12.3 Å². The number of hydrogen-bond acceptors (Lipinski definition) is 4. The highest BCUT2D eigenvalue weighted by atomic mass is 16.7. The van der Waals surface area contributed by atoms with Gasteiger partial charge in [-0.2, -0.15) is 0 Å². The third-order valence-corrected chi connectivity index (χ3v) is 3.58. The van der Waals surface area contributed by atoms with Gasteiger partial charge in [-0.25, -0.2) is 4.79 Å². The fraction of sp³-hybridized carbons (Fsp3) is 0.167. The van der Waals surface area contributed by atoms with E-state index in [2.05, 4.69) is 0 Å². The zero-order chi connectivity index (χ0) is 15.5. The Bertz CT molecular complexity index is 719. The number of fused-ring (bicyclic) bond motifs is 1. The molecule has 4 heteroatoms. The molecule has 1 aliphatic heterocycles. The van der Waals surface area contributed by atoms with Crippen molar-refractivity contribution in [2.75, 3.05) is 14.2 Å². The van der Waals surface area contributed by atoms with Crippen molar-refractivity contribution >= 4 is 17.3 Å². The first-order valence-corrected chi connectivity index (χ1v) is 6.93. The standard InChI is InChI=1S/C18H16O4/c1-20-17(19)15-13-10-6-7-11-14(13)18(21-2)22-16(15)12-8-4-3-5-9-12/h3-11,18H,1-2H3. The van der Waals surface area contributed by atoms with Gasteiger partial charge in [0.1, 0.15) is 11.3 Å². The Kier molecular flexibility index (Phi) is 3.94. The van der Waals surface area contributed by atoms with Gasteiger partial charge in [-0.1, -0.05) is 54.6 Å². The van der Waals surface area contributed by atoms with Gasteiger partial charge >= 0.3 is 5.97 Å². The van der Waals surface area contributed by atoms with Crippen molar-refractivity contribution < 1.29 is 19.0 Å². The first kappa shape index (κ1) is 14.4. The van der Waals surface area contributed by atoms with Crippen molar-refractivity contribution in [3.05, 3.63) is 71.3 Å². The number of ether oxygens (including phenoxy) is 3. The lowest BCUT2D eigenvalue weighted by atomic mass is 9.93. The highest BCUT2D eigenvalue weighted by molar-refractivity contribution is 6.24. The minimum atomic E-state index is -0.556. The summed E-state index contributed by atoms with van der Waals surface area (Å²) in [6.45, 7) is 0. The lowest BCUT2D eigenvalue weighted by Gasteiger charge is -2.29. The SMILES string of the molecule is COC(=O)C1=C(c2ccccc2)OC(OC)c2ccccc21. The third-order valence-electron chi connectivity index (χ3n) is 3.58. The zero-order valence-electron chi connectivity index (χ0n) is 12.4. The molecule has 4 nitrogen and oxygen atoms in total. The number of hydrogen-bond donors (Lipinski definition) is 0. The molecule has 1 atom stereocenters. The zero-order valence-corrected chi connectivity index (χ0v) is 12.4. The van der Waals surface area contributed by atoms with Crippen LogP contribution in [0.3, 0.4) is 0 Å². The van der Waals surface area contributed by atoms with Crippen molar-refractivity contribution in [3.8, 4) is 0 Å². The van der Waals surface area contributed by atoms with Gasteiger partial charge in [-0.3, -0.25) is 0 Å². The van der Waals surface area contributed by atoms with Crippen LogP contribution in [0, 0.1) is 0 Å². The summed E-state index contributed by atoms with van der Waals surface area (Å²) in [6.07, 6.45) is -0.556. The molecule has 0 spiro atoms. The maximum Gasteiger partial charge on any atom is 0.342 e. The molecule has 112 valence electrons. The van der Waals surface area contributed by atoms with Gasteiger partial charge in [0.25, 0.3) is 0 Å². The van der Waals surface area contributed by atoms with Gasteiger partial charge in [-0.05, 0) is 0 Å². The molecule has 0 saturated carbocycles. The average molecular weight is 296 g/mol. The minimum Gasteiger partial charge on any atom is -0.465 e. The van der Waals surface area contributed by atoms with E-state index in [0.717, 1.165) is 16.7 Å². The molecular formula is C18H16O4. The summed E-state index contributed by atoms with van der Waals surface area (Å²) in [5.41, 5.74) is 2.80. The minimum absolute atomic E-state index is 0.414. The van der Waals surface area contributed by atoms with E-state index in [9.17, 15) is 4.79 Å². The molecular weight excluding hydrogens is 280 g/mol. The fourth-order valence-electron chi connectivity index (χ4n) is 2.56. The average Bonchev–Trinajstić information content (AvgIpc) is 2.60. The quantitative estimate of drug-likeness (QED) is 0.814. The molecule has 0 amide bonds. The Labute approximate surface area is 128 Å². The lowest BCUT2D eigenvalue weighted by molar-refractivity contribution is -0.134. The highest BCUT2D eigenvalue weighted by Crippen LogP contribution is 2.41. The molecule has 1 unspecified atom stereocenters. The molecule has 0 bridgehead atoms. The first-order chi connectivity index (χ1) is 10.8. The molecule has 2 aromatic carbocycles. The molecule has 1 aliphatic rings. The van der Waals surface area contributed by atoms with Crippen molar-refractivity contribution in [2.45, 2.75) is 6.29 Å². The van der Waals surface area contributed by atoms with E-state index in [1.165, 1.54) is 7.11 Å². The van der Waals surface area contributed by atoms with Gasteiger partial charge in [0.15, 0.2) is 0 Å². The van der Waals surface area contributed by atoms with Crippen LogP contribution in [0.15, 0.2) is 54.6 Å². The van der Waals surface area contributed by atoms with Crippen molar-refractivity contribution in [2.24, 2.45) is 0 Å². The number of rotatable bonds is 3. The van der Waals surface area contributed by atoms with Gasteiger partial charge < -0.3 is 14.2 Å². The van der Waals surface area contributed by atoms with Crippen LogP contribution in [0.2, 0.25) is 0 Å². The van der Waals surface area contributed by atoms with Crippen LogP contribution in [0.25, 0.3) is 11.3 Å². The number of methoxy groups -OCH3 is 2. The monoisotopic (exact) mass is 296 g/mol. The largest absolute Gasteiger partial charge is 0.465 e. The Morgan fingerprint density at radius 1 is 1.00 bits per heavy atom. The van der Waals surface area contributed by atoms with Gasteiger partial charge in [0.05, 0.1) is 7.11 Å². The molecule has 0 saturated heterocycles. The van der Waals surface area contributed by atoms with Crippen LogP contribution in [0.4, 0.5) is 0 Å². The first-order valence-electron chi connectivity index (χ1n) is 6.93. The van der Waals surface area contributed by atoms with Gasteiger partial charge in [-0.15, -0.1) is 0 Å². The lowest BCUT2D eigenvalue weighted by Crippen LogP contribution is -2.19. The van der Waals surface area contributed by atoms with E-state index in [1.54, 1.807) is 7.11 Å². The summed E-state index contributed by atoms with van der Waals surface area (Å²) in [6, 6.07) is 17.0. The van der Waals surface area contributed by atoms with Crippen molar-refractivity contribution in [1.29, 1.82) is 0 Å². The maximum absolute atomic E-state index is 12.3. The molecule has 2 aromatic rings. The molecule has 1 heterocycles. The second kappa shape index (κ2) is 6.03. The summed E-state index contributed by atoms with van der Waals surface area (Å²) < 4.78 is 16.3. The van der Waals surface area contributed by atoms with Crippen LogP contribution in [-0.4, -0.2) is 20.2 Å². The van der Waals surface area contributed by atoms with E-state index in [0.29, 0.717) is 11.3 Å². The summed E-state index contributed by atoms with van der Waals surface area (Å²) in [5.74, 6) is 0.0406. The maximum atomic E-state index is 12.3. The number of carbonyl (C=O) groups is 1. The number of esters is 1. The van der Waals surface area contributed by atoms with E-state index in [4.69, 9.17) is 14.2 Å². The molecule has 0 aliphatic carbocycles. The molecule has 0 N–H and O–H groups in total. The van der Waals surface area contributed by atoms with Crippen LogP contribution in [0.1, 0.15) is 23.0 Å².